The molecule has 36 heavy (non-hydrogen) atoms. The van der Waals surface area contributed by atoms with E-state index in [2.05, 4.69) is 46.7 Å². The normalized spacial score (nSPS) is 16.8. The summed E-state index contributed by atoms with van der Waals surface area (Å²) in [4.78, 5) is 40.0. The van der Waals surface area contributed by atoms with Crippen LogP contribution in [0.5, 0.6) is 0 Å². The van der Waals surface area contributed by atoms with Gasteiger partial charge in [0.05, 0.1) is 0 Å². The number of ketones is 1. The second-order valence-electron chi connectivity index (χ2n) is 9.21. The first-order chi connectivity index (χ1) is 17.4. The van der Waals surface area contributed by atoms with Crippen molar-refractivity contribution in [3.05, 3.63) is 107 Å². The zero-order valence-electron chi connectivity index (χ0n) is 20.4. The lowest BCUT2D eigenvalue weighted by molar-refractivity contribution is -0.137. The molecule has 1 aliphatic rings. The molecule has 4 N–H and O–H groups in total. The van der Waals surface area contributed by atoms with E-state index in [1.54, 1.807) is 12.1 Å². The van der Waals surface area contributed by atoms with Gasteiger partial charge >= 0.3 is 0 Å². The van der Waals surface area contributed by atoms with E-state index in [1.807, 2.05) is 42.5 Å². The minimum atomic E-state index is -1.06. The molecule has 3 aromatic carbocycles. The van der Waals surface area contributed by atoms with Crippen molar-refractivity contribution in [2.24, 2.45) is 5.73 Å². The molecule has 0 spiro atoms. The number of carbonyl (C=O) groups excluding carboxylic acids is 3. The highest BCUT2D eigenvalue weighted by atomic mass is 16.2. The van der Waals surface area contributed by atoms with Crippen LogP contribution in [-0.4, -0.2) is 48.2 Å². The number of carbonyl (C=O) groups is 3. The summed E-state index contributed by atoms with van der Waals surface area (Å²) < 4.78 is 0. The Labute approximate surface area is 211 Å². The Balaban J connectivity index is 1.55. The molecule has 0 saturated carbocycles. The number of nitrogens with zero attached hydrogens (tertiary/aromatic N) is 1. The molecule has 0 radical (unpaired) electrons. The van der Waals surface area contributed by atoms with Crippen molar-refractivity contribution in [2.75, 3.05) is 19.6 Å². The number of Topliss-reactive ketones (excluding diaryl/α,β-unsaturated/α-hetero) is 1. The molecule has 1 heterocycles. The van der Waals surface area contributed by atoms with Crippen molar-refractivity contribution in [1.29, 1.82) is 0 Å². The largest absolute Gasteiger partial charge is 0.363 e. The predicted octanol–water partition coefficient (Wildman–Crippen LogP) is 2.54. The van der Waals surface area contributed by atoms with E-state index in [4.69, 9.17) is 5.73 Å². The van der Waals surface area contributed by atoms with Gasteiger partial charge in [-0.15, -0.1) is 0 Å². The van der Waals surface area contributed by atoms with Crippen LogP contribution in [0.1, 0.15) is 38.7 Å². The first-order valence-electron chi connectivity index (χ1n) is 12.2. The van der Waals surface area contributed by atoms with E-state index in [9.17, 15) is 14.4 Å². The van der Waals surface area contributed by atoms with Crippen LogP contribution in [0.2, 0.25) is 0 Å². The third-order valence-electron chi connectivity index (χ3n) is 6.56. The number of primary amides is 1. The Bertz CT molecular complexity index is 1230. The van der Waals surface area contributed by atoms with Gasteiger partial charge in [-0.25, -0.2) is 0 Å². The molecule has 7 nitrogen and oxygen atoms in total. The van der Waals surface area contributed by atoms with Crippen molar-refractivity contribution in [2.45, 2.75) is 32.0 Å². The number of hydrogen-bond acceptors (Lipinski definition) is 5. The highest BCUT2D eigenvalue weighted by Gasteiger charge is 2.28. The molecule has 3 aromatic rings. The fourth-order valence-corrected chi connectivity index (χ4v) is 4.71. The molecule has 1 fully saturated rings. The van der Waals surface area contributed by atoms with Gasteiger partial charge in [0, 0.05) is 44.2 Å². The van der Waals surface area contributed by atoms with Crippen LogP contribution in [0.15, 0.2) is 78.9 Å². The third kappa shape index (κ3) is 6.24. The molecule has 7 heteroatoms. The van der Waals surface area contributed by atoms with Gasteiger partial charge in [-0.1, -0.05) is 78.4 Å². The van der Waals surface area contributed by atoms with Crippen LogP contribution in [-0.2, 0) is 22.6 Å². The molecular weight excluding hydrogens is 452 g/mol. The fraction of sp³-hybridized carbons (Fsp3) is 0.276. The van der Waals surface area contributed by atoms with Crippen molar-refractivity contribution in [1.82, 2.24) is 15.5 Å². The molecule has 2 atom stereocenters. The van der Waals surface area contributed by atoms with Crippen LogP contribution in [0, 0.1) is 6.92 Å². The maximum atomic E-state index is 13.4. The van der Waals surface area contributed by atoms with Gasteiger partial charge in [-0.3, -0.25) is 19.3 Å². The standard InChI is InChI=1S/C29H32N4O3/c1-20-8-7-12-22(16-20)26-18-31-14-15-33(26)19-23-11-5-6-13-24(23)29(36)32-25(27(34)28(30)35)17-21-9-3-2-4-10-21/h2-13,16,25-26,31H,14-15,17-19H2,1H3,(H2,30,35)(H,32,36). The molecule has 186 valence electrons. The summed E-state index contributed by atoms with van der Waals surface area (Å²) in [5, 5.41) is 6.25. The summed E-state index contributed by atoms with van der Waals surface area (Å²) in [6.45, 7) is 5.19. The van der Waals surface area contributed by atoms with Crippen LogP contribution >= 0.6 is 0 Å². The molecule has 4 rings (SSSR count). The third-order valence-corrected chi connectivity index (χ3v) is 6.56. The number of amides is 2. The minimum Gasteiger partial charge on any atom is -0.363 e. The van der Waals surface area contributed by atoms with Crippen LogP contribution < -0.4 is 16.4 Å². The van der Waals surface area contributed by atoms with E-state index in [1.165, 1.54) is 11.1 Å². The molecule has 2 amide bonds. The van der Waals surface area contributed by atoms with Gasteiger partial charge in [-0.2, -0.15) is 0 Å². The Hall–Kier alpha value is -3.81. The molecule has 0 bridgehead atoms. The molecule has 0 aliphatic carbocycles. The average molecular weight is 485 g/mol. The zero-order chi connectivity index (χ0) is 25.5. The lowest BCUT2D eigenvalue weighted by Crippen LogP contribution is -2.48. The van der Waals surface area contributed by atoms with Crippen molar-refractivity contribution >= 4 is 17.6 Å². The van der Waals surface area contributed by atoms with E-state index >= 15 is 0 Å². The van der Waals surface area contributed by atoms with Crippen LogP contribution in [0.25, 0.3) is 0 Å². The van der Waals surface area contributed by atoms with Gasteiger partial charge in [0.15, 0.2) is 0 Å². The smallest absolute Gasteiger partial charge is 0.287 e. The highest BCUT2D eigenvalue weighted by Crippen LogP contribution is 2.26. The maximum absolute atomic E-state index is 13.4. The van der Waals surface area contributed by atoms with E-state index in [0.717, 1.165) is 30.8 Å². The Kier molecular flexibility index (Phi) is 8.25. The molecule has 2 unspecified atom stereocenters. The molecule has 1 aliphatic heterocycles. The van der Waals surface area contributed by atoms with Gasteiger partial charge in [0.1, 0.15) is 6.04 Å². The van der Waals surface area contributed by atoms with Gasteiger partial charge in [-0.05, 0) is 29.7 Å². The van der Waals surface area contributed by atoms with E-state index in [-0.39, 0.29) is 12.5 Å². The van der Waals surface area contributed by atoms with Crippen LogP contribution in [0.3, 0.4) is 0 Å². The fourth-order valence-electron chi connectivity index (χ4n) is 4.71. The van der Waals surface area contributed by atoms with Crippen molar-refractivity contribution in [3.8, 4) is 0 Å². The lowest BCUT2D eigenvalue weighted by Gasteiger charge is -2.37. The van der Waals surface area contributed by atoms with Crippen LogP contribution in [0.4, 0.5) is 0 Å². The lowest BCUT2D eigenvalue weighted by atomic mass is 9.98. The number of piperazine rings is 1. The predicted molar refractivity (Wildman–Crippen MR) is 139 cm³/mol. The first kappa shape index (κ1) is 25.3. The monoisotopic (exact) mass is 484 g/mol. The molecule has 1 saturated heterocycles. The van der Waals surface area contributed by atoms with Gasteiger partial charge in [0.2, 0.25) is 5.78 Å². The molecular formula is C29H32N4O3. The second-order valence-corrected chi connectivity index (χ2v) is 9.21. The SMILES string of the molecule is Cc1cccc(C2CNCCN2Cc2ccccc2C(=O)NC(Cc2ccccc2)C(=O)C(N)=O)c1. The summed E-state index contributed by atoms with van der Waals surface area (Å²) in [6, 6.07) is 24.3. The van der Waals surface area contributed by atoms with Crippen molar-refractivity contribution < 1.29 is 14.4 Å². The first-order valence-corrected chi connectivity index (χ1v) is 12.2. The van der Waals surface area contributed by atoms with Crippen molar-refractivity contribution in [3.63, 3.8) is 0 Å². The Morgan fingerprint density at radius 1 is 1.03 bits per heavy atom. The van der Waals surface area contributed by atoms with E-state index in [0.29, 0.717) is 12.1 Å². The number of hydrogen-bond donors (Lipinski definition) is 3. The number of aryl methyl sites for hydroxylation is 1. The second kappa shape index (κ2) is 11.7. The Morgan fingerprint density at radius 2 is 1.78 bits per heavy atom. The number of benzene rings is 3. The zero-order valence-corrected chi connectivity index (χ0v) is 20.4. The summed E-state index contributed by atoms with van der Waals surface area (Å²) in [6.07, 6.45) is 0.184. The summed E-state index contributed by atoms with van der Waals surface area (Å²) in [7, 11) is 0. The maximum Gasteiger partial charge on any atom is 0.287 e. The average Bonchev–Trinajstić information content (AvgIpc) is 2.89. The van der Waals surface area contributed by atoms with Gasteiger partial charge in [0.25, 0.3) is 11.8 Å². The quantitative estimate of drug-likeness (QED) is 0.405. The summed E-state index contributed by atoms with van der Waals surface area (Å²) in [5.74, 6) is -2.28. The number of nitrogens with two attached hydrogens (primary N) is 1. The molecule has 0 aromatic heterocycles. The number of rotatable bonds is 9. The number of nitrogens with one attached hydrogen (secondary N) is 2. The Morgan fingerprint density at radius 3 is 2.53 bits per heavy atom. The topological polar surface area (TPSA) is 105 Å². The van der Waals surface area contributed by atoms with Gasteiger partial charge < -0.3 is 16.4 Å². The highest BCUT2D eigenvalue weighted by molar-refractivity contribution is 6.38. The summed E-state index contributed by atoms with van der Waals surface area (Å²) in [5.41, 5.74) is 9.90. The minimum absolute atomic E-state index is 0.178. The summed E-state index contributed by atoms with van der Waals surface area (Å²) >= 11 is 0. The van der Waals surface area contributed by atoms with E-state index < -0.39 is 23.6 Å².